The third-order valence-electron chi connectivity index (χ3n) is 5.91. The minimum atomic E-state index is -0.269. The standard InChI is InChI=1S/C23H27N3O3/c1-17-5-3-4-6-21(17)24-11-13-25(14-12-24)23(28)18-15-22(27)26(16-18)19-7-9-20(29-2)10-8-19/h3-10,18H,11-16H2,1-2H3. The number of aryl methyl sites for hydroxylation is 1. The minimum absolute atomic E-state index is 0.00654. The van der Waals surface area contributed by atoms with Crippen LogP contribution in [0.3, 0.4) is 0 Å². The number of rotatable bonds is 4. The van der Waals surface area contributed by atoms with Gasteiger partial charge in [0.15, 0.2) is 0 Å². The van der Waals surface area contributed by atoms with Crippen molar-refractivity contribution in [1.82, 2.24) is 4.90 Å². The maximum atomic E-state index is 13.0. The molecule has 1 unspecified atom stereocenters. The molecule has 0 radical (unpaired) electrons. The lowest BCUT2D eigenvalue weighted by molar-refractivity contribution is -0.136. The van der Waals surface area contributed by atoms with Gasteiger partial charge in [0.1, 0.15) is 5.75 Å². The van der Waals surface area contributed by atoms with E-state index in [1.165, 1.54) is 11.3 Å². The van der Waals surface area contributed by atoms with Crippen LogP contribution in [0.1, 0.15) is 12.0 Å². The molecule has 2 heterocycles. The Hall–Kier alpha value is -3.02. The largest absolute Gasteiger partial charge is 0.497 e. The molecule has 4 rings (SSSR count). The summed E-state index contributed by atoms with van der Waals surface area (Å²) >= 11 is 0. The highest BCUT2D eigenvalue weighted by Gasteiger charge is 2.38. The van der Waals surface area contributed by atoms with Crippen LogP contribution in [0, 0.1) is 12.8 Å². The van der Waals surface area contributed by atoms with Crippen molar-refractivity contribution in [3.8, 4) is 5.75 Å². The van der Waals surface area contributed by atoms with Gasteiger partial charge in [0.2, 0.25) is 11.8 Å². The van der Waals surface area contributed by atoms with Crippen LogP contribution in [-0.4, -0.2) is 56.5 Å². The van der Waals surface area contributed by atoms with Gasteiger partial charge in [-0.1, -0.05) is 18.2 Å². The molecule has 6 nitrogen and oxygen atoms in total. The van der Waals surface area contributed by atoms with Gasteiger partial charge in [-0.3, -0.25) is 9.59 Å². The van der Waals surface area contributed by atoms with E-state index in [9.17, 15) is 9.59 Å². The molecule has 0 bridgehead atoms. The number of carbonyl (C=O) groups excluding carboxylic acids is 2. The molecular weight excluding hydrogens is 366 g/mol. The molecule has 0 aromatic heterocycles. The molecule has 6 heteroatoms. The van der Waals surface area contributed by atoms with Crippen LogP contribution >= 0.6 is 0 Å². The fourth-order valence-electron chi connectivity index (χ4n) is 4.23. The molecule has 0 saturated carbocycles. The van der Waals surface area contributed by atoms with E-state index in [1.54, 1.807) is 12.0 Å². The number of carbonyl (C=O) groups is 2. The van der Waals surface area contributed by atoms with Crippen molar-refractivity contribution in [1.29, 1.82) is 0 Å². The van der Waals surface area contributed by atoms with Crippen LogP contribution in [0.2, 0.25) is 0 Å². The van der Waals surface area contributed by atoms with Gasteiger partial charge < -0.3 is 19.4 Å². The van der Waals surface area contributed by atoms with E-state index in [1.807, 2.05) is 35.2 Å². The highest BCUT2D eigenvalue weighted by molar-refractivity contribution is 6.00. The quantitative estimate of drug-likeness (QED) is 0.802. The molecule has 0 spiro atoms. The number of piperazine rings is 1. The van der Waals surface area contributed by atoms with Gasteiger partial charge in [-0.2, -0.15) is 0 Å². The van der Waals surface area contributed by atoms with Crippen LogP contribution in [0.25, 0.3) is 0 Å². The second-order valence-corrected chi connectivity index (χ2v) is 7.70. The summed E-state index contributed by atoms with van der Waals surface area (Å²) in [5.74, 6) is 0.583. The lowest BCUT2D eigenvalue weighted by atomic mass is 10.1. The van der Waals surface area contributed by atoms with E-state index in [4.69, 9.17) is 4.74 Å². The van der Waals surface area contributed by atoms with Crippen molar-refractivity contribution in [2.75, 3.05) is 49.6 Å². The predicted molar refractivity (Wildman–Crippen MR) is 113 cm³/mol. The van der Waals surface area contributed by atoms with Crippen molar-refractivity contribution in [2.24, 2.45) is 5.92 Å². The number of para-hydroxylation sites is 1. The van der Waals surface area contributed by atoms with Crippen molar-refractivity contribution in [2.45, 2.75) is 13.3 Å². The molecule has 2 saturated heterocycles. The molecule has 29 heavy (non-hydrogen) atoms. The second kappa shape index (κ2) is 8.15. The van der Waals surface area contributed by atoms with Crippen LogP contribution in [0.15, 0.2) is 48.5 Å². The molecule has 2 amide bonds. The monoisotopic (exact) mass is 393 g/mol. The van der Waals surface area contributed by atoms with Crippen LogP contribution in [-0.2, 0) is 9.59 Å². The molecule has 0 aliphatic carbocycles. The number of anilines is 2. The van der Waals surface area contributed by atoms with Gasteiger partial charge in [-0.15, -0.1) is 0 Å². The average Bonchev–Trinajstić information content (AvgIpc) is 3.15. The third kappa shape index (κ3) is 3.92. The number of benzene rings is 2. The zero-order chi connectivity index (χ0) is 20.4. The van der Waals surface area contributed by atoms with E-state index in [0.29, 0.717) is 19.6 Å². The minimum Gasteiger partial charge on any atom is -0.497 e. The van der Waals surface area contributed by atoms with E-state index in [-0.39, 0.29) is 24.2 Å². The Morgan fingerprint density at radius 3 is 2.34 bits per heavy atom. The summed E-state index contributed by atoms with van der Waals surface area (Å²) in [5, 5.41) is 0. The smallest absolute Gasteiger partial charge is 0.228 e. The lowest BCUT2D eigenvalue weighted by Gasteiger charge is -2.37. The summed E-state index contributed by atoms with van der Waals surface area (Å²) in [7, 11) is 1.61. The second-order valence-electron chi connectivity index (χ2n) is 7.70. The third-order valence-corrected chi connectivity index (χ3v) is 5.91. The molecule has 2 aliphatic heterocycles. The SMILES string of the molecule is COc1ccc(N2CC(C(=O)N3CCN(c4ccccc4C)CC3)CC2=O)cc1. The Morgan fingerprint density at radius 2 is 1.69 bits per heavy atom. The molecular formula is C23H27N3O3. The first-order chi connectivity index (χ1) is 14.1. The topological polar surface area (TPSA) is 53.1 Å². The van der Waals surface area contributed by atoms with Crippen molar-refractivity contribution < 1.29 is 14.3 Å². The zero-order valence-corrected chi connectivity index (χ0v) is 17.0. The van der Waals surface area contributed by atoms with Gasteiger partial charge in [0, 0.05) is 50.5 Å². The number of ether oxygens (including phenoxy) is 1. The Balaban J connectivity index is 1.37. The van der Waals surface area contributed by atoms with Gasteiger partial charge in [-0.05, 0) is 42.8 Å². The number of hydrogen-bond donors (Lipinski definition) is 0. The molecule has 2 aromatic rings. The number of amides is 2. The molecule has 2 fully saturated rings. The highest BCUT2D eigenvalue weighted by Crippen LogP contribution is 2.28. The summed E-state index contributed by atoms with van der Waals surface area (Å²) in [6.45, 7) is 5.59. The van der Waals surface area contributed by atoms with Crippen LogP contribution < -0.4 is 14.5 Å². The van der Waals surface area contributed by atoms with Crippen LogP contribution in [0.4, 0.5) is 11.4 Å². The molecule has 1 atom stereocenters. The number of methoxy groups -OCH3 is 1. The maximum absolute atomic E-state index is 13.0. The first kappa shape index (κ1) is 19.3. The van der Waals surface area contributed by atoms with E-state index >= 15 is 0 Å². The van der Waals surface area contributed by atoms with Gasteiger partial charge >= 0.3 is 0 Å². The Morgan fingerprint density at radius 1 is 1.00 bits per heavy atom. The van der Waals surface area contributed by atoms with Gasteiger partial charge in [0.05, 0.1) is 13.0 Å². The van der Waals surface area contributed by atoms with Crippen LogP contribution in [0.5, 0.6) is 5.75 Å². The van der Waals surface area contributed by atoms with E-state index in [2.05, 4.69) is 30.0 Å². The summed E-state index contributed by atoms with van der Waals surface area (Å²) in [5.41, 5.74) is 3.31. The Bertz CT molecular complexity index is 888. The number of nitrogens with zero attached hydrogens (tertiary/aromatic N) is 3. The number of hydrogen-bond acceptors (Lipinski definition) is 4. The Kier molecular flexibility index (Phi) is 5.43. The summed E-state index contributed by atoms with van der Waals surface area (Å²) in [4.78, 5) is 31.5. The molecule has 2 aliphatic rings. The summed E-state index contributed by atoms with van der Waals surface area (Å²) in [6, 6.07) is 15.8. The van der Waals surface area contributed by atoms with Crippen molar-refractivity contribution in [3.05, 3.63) is 54.1 Å². The summed E-state index contributed by atoms with van der Waals surface area (Å²) in [6.07, 6.45) is 0.281. The molecule has 2 aromatic carbocycles. The fraction of sp³-hybridized carbons (Fsp3) is 0.391. The first-order valence-corrected chi connectivity index (χ1v) is 10.1. The maximum Gasteiger partial charge on any atom is 0.228 e. The van der Waals surface area contributed by atoms with Gasteiger partial charge in [0.25, 0.3) is 0 Å². The normalized spacial score (nSPS) is 19.6. The highest BCUT2D eigenvalue weighted by atomic mass is 16.5. The fourth-order valence-corrected chi connectivity index (χ4v) is 4.23. The van der Waals surface area contributed by atoms with E-state index < -0.39 is 0 Å². The molecule has 0 N–H and O–H groups in total. The van der Waals surface area contributed by atoms with Crippen molar-refractivity contribution in [3.63, 3.8) is 0 Å². The van der Waals surface area contributed by atoms with Crippen molar-refractivity contribution >= 4 is 23.2 Å². The lowest BCUT2D eigenvalue weighted by Crippen LogP contribution is -2.50. The zero-order valence-electron chi connectivity index (χ0n) is 17.0. The average molecular weight is 393 g/mol. The Labute approximate surface area is 171 Å². The summed E-state index contributed by atoms with van der Waals surface area (Å²) < 4.78 is 5.18. The first-order valence-electron chi connectivity index (χ1n) is 10.1. The van der Waals surface area contributed by atoms with Gasteiger partial charge in [-0.25, -0.2) is 0 Å². The predicted octanol–water partition coefficient (Wildman–Crippen LogP) is 2.71. The van der Waals surface area contributed by atoms with E-state index in [0.717, 1.165) is 24.5 Å². The molecule has 152 valence electrons.